The fraction of sp³-hybridized carbons (Fsp3) is 0.833. The van der Waals surface area contributed by atoms with Gasteiger partial charge in [0, 0.05) is 6.61 Å². The van der Waals surface area contributed by atoms with Crippen LogP contribution in [0.5, 0.6) is 0 Å². The molecule has 0 aromatic rings. The predicted octanol–water partition coefficient (Wildman–Crippen LogP) is 1.31. The fourth-order valence-corrected chi connectivity index (χ4v) is 0.406. The molecule has 0 radical (unpaired) electrons. The van der Waals surface area contributed by atoms with Crippen molar-refractivity contribution in [3.63, 3.8) is 0 Å². The van der Waals surface area contributed by atoms with E-state index in [1.54, 1.807) is 0 Å². The van der Waals surface area contributed by atoms with Gasteiger partial charge in [0.15, 0.2) is 0 Å². The number of hydrogen-bond acceptors (Lipinski definition) is 2. The SMILES string of the molecule is CCCCOCC(=O)O.Cl. The van der Waals surface area contributed by atoms with Crippen LogP contribution in [0.1, 0.15) is 19.8 Å². The molecule has 0 amide bonds. The van der Waals surface area contributed by atoms with Gasteiger partial charge in [0.2, 0.25) is 0 Å². The van der Waals surface area contributed by atoms with Crippen LogP contribution in [0, 0.1) is 0 Å². The second kappa shape index (κ2) is 8.72. The standard InChI is InChI=1S/C6H12O3.ClH/c1-2-3-4-9-5-6(7)8;/h2-5H2,1H3,(H,7,8);1H. The van der Waals surface area contributed by atoms with Crippen LogP contribution in [0.25, 0.3) is 0 Å². The third kappa shape index (κ3) is 10.7. The highest BCUT2D eigenvalue weighted by molar-refractivity contribution is 5.85. The number of halogens is 1. The first-order chi connectivity index (χ1) is 4.27. The molecule has 62 valence electrons. The summed E-state index contributed by atoms with van der Waals surface area (Å²) in [4.78, 5) is 9.84. The highest BCUT2D eigenvalue weighted by Crippen LogP contribution is 1.86. The molecule has 0 saturated heterocycles. The van der Waals surface area contributed by atoms with Crippen LogP contribution in [0.15, 0.2) is 0 Å². The molecule has 0 saturated carbocycles. The smallest absolute Gasteiger partial charge is 0.329 e. The van der Waals surface area contributed by atoms with Crippen molar-refractivity contribution in [3.05, 3.63) is 0 Å². The second-order valence-electron chi connectivity index (χ2n) is 1.80. The van der Waals surface area contributed by atoms with Crippen molar-refractivity contribution in [3.8, 4) is 0 Å². The fourth-order valence-electron chi connectivity index (χ4n) is 0.406. The van der Waals surface area contributed by atoms with Crippen LogP contribution < -0.4 is 0 Å². The van der Waals surface area contributed by atoms with Gasteiger partial charge in [-0.1, -0.05) is 13.3 Å². The van der Waals surface area contributed by atoms with E-state index in [9.17, 15) is 4.79 Å². The van der Waals surface area contributed by atoms with E-state index in [1.807, 2.05) is 6.92 Å². The summed E-state index contributed by atoms with van der Waals surface area (Å²) in [5.41, 5.74) is 0. The second-order valence-corrected chi connectivity index (χ2v) is 1.80. The summed E-state index contributed by atoms with van der Waals surface area (Å²) in [5.74, 6) is -0.897. The first kappa shape index (κ1) is 12.4. The number of unbranched alkanes of at least 4 members (excludes halogenated alkanes) is 1. The van der Waals surface area contributed by atoms with Crippen molar-refractivity contribution < 1.29 is 14.6 Å². The lowest BCUT2D eigenvalue weighted by molar-refractivity contribution is -0.142. The summed E-state index contributed by atoms with van der Waals surface area (Å²) in [6.07, 6.45) is 1.98. The molecule has 0 aliphatic rings. The summed E-state index contributed by atoms with van der Waals surface area (Å²) >= 11 is 0. The Hall–Kier alpha value is -0.280. The maximum Gasteiger partial charge on any atom is 0.329 e. The van der Waals surface area contributed by atoms with E-state index < -0.39 is 5.97 Å². The van der Waals surface area contributed by atoms with Gasteiger partial charge < -0.3 is 9.84 Å². The monoisotopic (exact) mass is 168 g/mol. The van der Waals surface area contributed by atoms with Gasteiger partial charge in [0.05, 0.1) is 0 Å². The summed E-state index contributed by atoms with van der Waals surface area (Å²) in [6, 6.07) is 0. The maximum atomic E-state index is 9.84. The number of rotatable bonds is 5. The molecular formula is C6H13ClO3. The average molecular weight is 169 g/mol. The maximum absolute atomic E-state index is 9.84. The molecule has 0 heterocycles. The predicted molar refractivity (Wildman–Crippen MR) is 40.6 cm³/mol. The average Bonchev–Trinajstić information content (AvgIpc) is 1.80. The van der Waals surface area contributed by atoms with Crippen molar-refractivity contribution in [2.45, 2.75) is 19.8 Å². The molecule has 0 bridgehead atoms. The highest BCUT2D eigenvalue weighted by atomic mass is 35.5. The van der Waals surface area contributed by atoms with Crippen molar-refractivity contribution >= 4 is 18.4 Å². The first-order valence-corrected chi connectivity index (χ1v) is 3.07. The first-order valence-electron chi connectivity index (χ1n) is 3.07. The van der Waals surface area contributed by atoms with Gasteiger partial charge in [-0.2, -0.15) is 0 Å². The number of ether oxygens (including phenoxy) is 1. The van der Waals surface area contributed by atoms with Gasteiger partial charge in [-0.15, -0.1) is 12.4 Å². The van der Waals surface area contributed by atoms with E-state index in [0.29, 0.717) is 6.61 Å². The zero-order valence-corrected chi connectivity index (χ0v) is 6.82. The van der Waals surface area contributed by atoms with Crippen LogP contribution in [-0.4, -0.2) is 24.3 Å². The summed E-state index contributed by atoms with van der Waals surface area (Å²) in [6.45, 7) is 2.42. The Bertz CT molecular complexity index is 85.1. The van der Waals surface area contributed by atoms with Crippen molar-refractivity contribution in [2.75, 3.05) is 13.2 Å². The van der Waals surface area contributed by atoms with E-state index in [4.69, 9.17) is 9.84 Å². The van der Waals surface area contributed by atoms with Crippen LogP contribution in [0.4, 0.5) is 0 Å². The third-order valence-corrected chi connectivity index (χ3v) is 0.868. The summed E-state index contributed by atoms with van der Waals surface area (Å²) < 4.78 is 4.74. The van der Waals surface area contributed by atoms with Crippen molar-refractivity contribution in [1.29, 1.82) is 0 Å². The zero-order valence-electron chi connectivity index (χ0n) is 6.00. The number of aliphatic carboxylic acids is 1. The van der Waals surface area contributed by atoms with E-state index in [2.05, 4.69) is 0 Å². The van der Waals surface area contributed by atoms with Crippen LogP contribution in [-0.2, 0) is 9.53 Å². The van der Waals surface area contributed by atoms with Crippen molar-refractivity contribution in [2.24, 2.45) is 0 Å². The van der Waals surface area contributed by atoms with Crippen LogP contribution >= 0.6 is 12.4 Å². The topological polar surface area (TPSA) is 46.5 Å². The largest absolute Gasteiger partial charge is 0.480 e. The molecule has 0 rings (SSSR count). The quantitative estimate of drug-likeness (QED) is 0.630. The molecule has 3 nitrogen and oxygen atoms in total. The van der Waals surface area contributed by atoms with Gasteiger partial charge in [-0.25, -0.2) is 4.79 Å². The molecule has 0 fully saturated rings. The van der Waals surface area contributed by atoms with E-state index in [1.165, 1.54) is 0 Å². The number of carbonyl (C=O) groups is 1. The molecule has 0 unspecified atom stereocenters. The molecule has 0 aromatic heterocycles. The number of carboxylic acids is 1. The van der Waals surface area contributed by atoms with Crippen LogP contribution in [0.2, 0.25) is 0 Å². The lowest BCUT2D eigenvalue weighted by Crippen LogP contribution is -2.07. The van der Waals surface area contributed by atoms with Gasteiger partial charge in [0.25, 0.3) is 0 Å². The molecule has 4 heteroatoms. The molecule has 0 aliphatic carbocycles. The molecule has 10 heavy (non-hydrogen) atoms. The normalized spacial score (nSPS) is 8.50. The van der Waals surface area contributed by atoms with Gasteiger partial charge in [0.1, 0.15) is 6.61 Å². The highest BCUT2D eigenvalue weighted by Gasteiger charge is 1.93. The third-order valence-electron chi connectivity index (χ3n) is 0.868. The van der Waals surface area contributed by atoms with Crippen molar-refractivity contribution in [1.82, 2.24) is 0 Å². The van der Waals surface area contributed by atoms with Gasteiger partial charge in [-0.05, 0) is 6.42 Å². The Morgan fingerprint density at radius 2 is 2.20 bits per heavy atom. The number of hydrogen-bond donors (Lipinski definition) is 1. The van der Waals surface area contributed by atoms with E-state index >= 15 is 0 Å². The molecular weight excluding hydrogens is 156 g/mol. The minimum Gasteiger partial charge on any atom is -0.480 e. The van der Waals surface area contributed by atoms with Gasteiger partial charge in [-0.3, -0.25) is 0 Å². The lowest BCUT2D eigenvalue weighted by atomic mass is 10.4. The molecule has 0 aromatic carbocycles. The summed E-state index contributed by atoms with van der Waals surface area (Å²) in [5, 5.41) is 8.09. The van der Waals surface area contributed by atoms with Gasteiger partial charge >= 0.3 is 5.97 Å². The Labute approximate surface area is 66.8 Å². The molecule has 1 N–H and O–H groups in total. The van der Waals surface area contributed by atoms with E-state index in [-0.39, 0.29) is 19.0 Å². The summed E-state index contributed by atoms with van der Waals surface area (Å²) in [7, 11) is 0. The van der Waals surface area contributed by atoms with Crippen LogP contribution in [0.3, 0.4) is 0 Å². The minimum atomic E-state index is -0.897. The Morgan fingerprint density at radius 3 is 2.60 bits per heavy atom. The Morgan fingerprint density at radius 1 is 1.60 bits per heavy atom. The Kier molecular flexibility index (Phi) is 10.8. The van der Waals surface area contributed by atoms with E-state index in [0.717, 1.165) is 12.8 Å². The Balaban J connectivity index is 0. The molecule has 0 aliphatic heterocycles. The molecule has 0 spiro atoms. The molecule has 0 atom stereocenters. The minimum absolute atomic E-state index is 0. The zero-order chi connectivity index (χ0) is 7.11. The number of carboxylic acid groups (broad SMARTS) is 1. The lowest BCUT2D eigenvalue weighted by Gasteiger charge is -1.96.